The molecule has 0 atom stereocenters. The van der Waals surface area contributed by atoms with Crippen LogP contribution >= 0.6 is 11.6 Å². The fraction of sp³-hybridized carbons (Fsp3) is 0.484. The number of anilines is 1. The number of hydrogen-bond acceptors (Lipinski definition) is 7. The third-order valence-electron chi connectivity index (χ3n) is 7.49. The van der Waals surface area contributed by atoms with Gasteiger partial charge in [-0.3, -0.25) is 9.69 Å². The van der Waals surface area contributed by atoms with Crippen molar-refractivity contribution in [1.82, 2.24) is 9.88 Å². The van der Waals surface area contributed by atoms with Crippen LogP contribution in [0.4, 0.5) is 5.69 Å². The molecule has 0 aliphatic carbocycles. The van der Waals surface area contributed by atoms with Gasteiger partial charge in [-0.1, -0.05) is 30.7 Å². The number of pyridine rings is 1. The first-order chi connectivity index (χ1) is 18.8. The second-order valence-electron chi connectivity index (χ2n) is 10.7. The Kier molecular flexibility index (Phi) is 9.92. The molecular formula is C31H40ClN3O4. The Bertz CT molecular complexity index is 1260. The largest absolute Gasteiger partial charge is 0.494 e. The molecule has 1 aliphatic heterocycles. The third-order valence-corrected chi connectivity index (χ3v) is 7.98. The van der Waals surface area contributed by atoms with Crippen LogP contribution in [-0.4, -0.2) is 62.0 Å². The lowest BCUT2D eigenvalue weighted by Gasteiger charge is -2.36. The van der Waals surface area contributed by atoms with Gasteiger partial charge in [0.1, 0.15) is 5.75 Å². The Balaban J connectivity index is 1.17. The minimum absolute atomic E-state index is 0.161. The molecule has 0 N–H and O–H groups in total. The molecule has 0 unspecified atom stereocenters. The summed E-state index contributed by atoms with van der Waals surface area (Å²) in [5, 5.41) is 1.86. The van der Waals surface area contributed by atoms with Crippen molar-refractivity contribution in [3.8, 4) is 11.6 Å². The Morgan fingerprint density at radius 3 is 2.56 bits per heavy atom. The fourth-order valence-electron chi connectivity index (χ4n) is 4.45. The van der Waals surface area contributed by atoms with Gasteiger partial charge in [0.15, 0.2) is 0 Å². The molecule has 0 spiro atoms. The van der Waals surface area contributed by atoms with E-state index in [0.717, 1.165) is 78.5 Å². The monoisotopic (exact) mass is 553 g/mol. The number of ether oxygens (including phenoxy) is 3. The van der Waals surface area contributed by atoms with Gasteiger partial charge in [-0.05, 0) is 76.4 Å². The van der Waals surface area contributed by atoms with Crippen molar-refractivity contribution in [2.45, 2.75) is 47.0 Å². The van der Waals surface area contributed by atoms with E-state index >= 15 is 0 Å². The zero-order valence-electron chi connectivity index (χ0n) is 23.5. The molecule has 1 saturated heterocycles. The van der Waals surface area contributed by atoms with E-state index in [2.05, 4.69) is 39.9 Å². The van der Waals surface area contributed by atoms with E-state index in [-0.39, 0.29) is 12.8 Å². The lowest BCUT2D eigenvalue weighted by atomic mass is 9.91. The number of unbranched alkanes of at least 4 members (excludes halogenated alkanes) is 1. The van der Waals surface area contributed by atoms with Crippen molar-refractivity contribution in [2.75, 3.05) is 51.0 Å². The molecule has 7 nitrogen and oxygen atoms in total. The number of aromatic nitrogens is 1. The SMILES string of the molecule is CCC(C)(C)C(=O)OCOc1ccc2ccc(OCCCCN3CCN(c4cccc(C)c4Cl)CC3)cc2n1. The van der Waals surface area contributed by atoms with Crippen LogP contribution in [0.1, 0.15) is 45.6 Å². The first-order valence-electron chi connectivity index (χ1n) is 13.8. The number of piperazine rings is 1. The molecule has 39 heavy (non-hydrogen) atoms. The number of fused-ring (bicyclic) bond motifs is 1. The second kappa shape index (κ2) is 13.4. The van der Waals surface area contributed by atoms with Gasteiger partial charge in [-0.25, -0.2) is 4.98 Å². The lowest BCUT2D eigenvalue weighted by molar-refractivity contribution is -0.161. The van der Waals surface area contributed by atoms with Gasteiger partial charge in [-0.2, -0.15) is 0 Å². The van der Waals surface area contributed by atoms with Gasteiger partial charge in [0.25, 0.3) is 0 Å². The van der Waals surface area contributed by atoms with Crippen molar-refractivity contribution in [2.24, 2.45) is 5.41 Å². The van der Waals surface area contributed by atoms with E-state index in [4.69, 9.17) is 25.8 Å². The summed E-state index contributed by atoms with van der Waals surface area (Å²) in [6, 6.07) is 15.8. The minimum atomic E-state index is -0.530. The quantitative estimate of drug-likeness (QED) is 0.144. The van der Waals surface area contributed by atoms with Gasteiger partial charge in [0.2, 0.25) is 12.7 Å². The Morgan fingerprint density at radius 2 is 1.79 bits per heavy atom. The molecule has 2 aromatic carbocycles. The van der Waals surface area contributed by atoms with Crippen LogP contribution in [0.15, 0.2) is 48.5 Å². The van der Waals surface area contributed by atoms with Crippen LogP contribution in [0.3, 0.4) is 0 Å². The average molecular weight is 554 g/mol. The first-order valence-corrected chi connectivity index (χ1v) is 14.2. The molecule has 0 saturated carbocycles. The predicted octanol–water partition coefficient (Wildman–Crippen LogP) is 6.49. The normalized spacial score (nSPS) is 14.4. The van der Waals surface area contributed by atoms with Crippen molar-refractivity contribution in [3.63, 3.8) is 0 Å². The topological polar surface area (TPSA) is 64.1 Å². The zero-order chi connectivity index (χ0) is 27.8. The molecule has 3 aromatic rings. The molecule has 0 amide bonds. The molecule has 1 aliphatic rings. The fourth-order valence-corrected chi connectivity index (χ4v) is 4.69. The second-order valence-corrected chi connectivity index (χ2v) is 11.1. The van der Waals surface area contributed by atoms with Gasteiger partial charge in [0, 0.05) is 43.7 Å². The molecule has 210 valence electrons. The lowest BCUT2D eigenvalue weighted by Crippen LogP contribution is -2.46. The number of hydrogen-bond donors (Lipinski definition) is 0. The van der Waals surface area contributed by atoms with Crippen molar-refractivity contribution in [1.29, 1.82) is 0 Å². The zero-order valence-corrected chi connectivity index (χ0v) is 24.3. The number of esters is 1. The molecule has 1 aromatic heterocycles. The van der Waals surface area contributed by atoms with Crippen molar-refractivity contribution in [3.05, 3.63) is 59.1 Å². The summed E-state index contributed by atoms with van der Waals surface area (Å²) in [6.07, 6.45) is 2.77. The molecule has 0 radical (unpaired) electrons. The standard InChI is InChI=1S/C31H40ClN3O4/c1-5-31(3,4)30(36)39-22-38-28-14-12-24-11-13-25(21-26(24)33-28)37-20-7-6-15-34-16-18-35(19-17-34)27-10-8-9-23(2)29(27)32/h8-14,21H,5-7,15-20,22H2,1-4H3. The number of halogens is 1. The number of aryl methyl sites for hydroxylation is 1. The van der Waals surface area contributed by atoms with Crippen molar-refractivity contribution >= 4 is 34.2 Å². The Hall–Kier alpha value is -3.03. The number of carbonyl (C=O) groups is 1. The third kappa shape index (κ3) is 7.76. The highest BCUT2D eigenvalue weighted by Gasteiger charge is 2.27. The van der Waals surface area contributed by atoms with Gasteiger partial charge in [0.05, 0.1) is 28.2 Å². The molecule has 1 fully saturated rings. The molecule has 8 heteroatoms. The smallest absolute Gasteiger partial charge is 0.314 e. The summed E-state index contributed by atoms with van der Waals surface area (Å²) in [4.78, 5) is 21.6. The van der Waals surface area contributed by atoms with E-state index in [0.29, 0.717) is 18.9 Å². The molecule has 0 bridgehead atoms. The van der Waals surface area contributed by atoms with Crippen LogP contribution in [0.25, 0.3) is 10.9 Å². The Labute approximate surface area is 237 Å². The van der Waals surface area contributed by atoms with Crippen molar-refractivity contribution < 1.29 is 19.0 Å². The molecule has 4 rings (SSSR count). The van der Waals surface area contributed by atoms with E-state index < -0.39 is 5.41 Å². The van der Waals surface area contributed by atoms with Gasteiger partial charge >= 0.3 is 5.97 Å². The van der Waals surface area contributed by atoms with Crippen LogP contribution in [0, 0.1) is 12.3 Å². The number of rotatable bonds is 12. The summed E-state index contributed by atoms with van der Waals surface area (Å²) in [7, 11) is 0. The number of carbonyl (C=O) groups excluding carboxylic acids is 1. The number of benzene rings is 2. The molecule has 2 heterocycles. The summed E-state index contributed by atoms with van der Waals surface area (Å²) >= 11 is 6.52. The van der Waals surface area contributed by atoms with E-state index in [9.17, 15) is 4.79 Å². The van der Waals surface area contributed by atoms with Crippen LogP contribution < -0.4 is 14.4 Å². The highest BCUT2D eigenvalue weighted by molar-refractivity contribution is 6.34. The number of nitrogens with zero attached hydrogens (tertiary/aromatic N) is 3. The highest BCUT2D eigenvalue weighted by atomic mass is 35.5. The summed E-state index contributed by atoms with van der Waals surface area (Å²) in [6.45, 7) is 13.4. The van der Waals surface area contributed by atoms with Crippen LogP contribution in [0.5, 0.6) is 11.6 Å². The van der Waals surface area contributed by atoms with E-state index in [1.54, 1.807) is 6.07 Å². The maximum atomic E-state index is 12.1. The Morgan fingerprint density at radius 1 is 1.03 bits per heavy atom. The predicted molar refractivity (Wildman–Crippen MR) is 157 cm³/mol. The summed E-state index contributed by atoms with van der Waals surface area (Å²) in [5.41, 5.74) is 2.52. The van der Waals surface area contributed by atoms with Crippen LogP contribution in [0.2, 0.25) is 5.02 Å². The first kappa shape index (κ1) is 29.0. The van der Waals surface area contributed by atoms with E-state index in [1.807, 2.05) is 45.0 Å². The maximum Gasteiger partial charge on any atom is 0.314 e. The average Bonchev–Trinajstić information content (AvgIpc) is 2.94. The maximum absolute atomic E-state index is 12.1. The van der Waals surface area contributed by atoms with Gasteiger partial charge < -0.3 is 19.1 Å². The molecular weight excluding hydrogens is 514 g/mol. The van der Waals surface area contributed by atoms with E-state index in [1.165, 1.54) is 0 Å². The van der Waals surface area contributed by atoms with Crippen LogP contribution in [-0.2, 0) is 9.53 Å². The minimum Gasteiger partial charge on any atom is -0.494 e. The van der Waals surface area contributed by atoms with Gasteiger partial charge in [-0.15, -0.1) is 0 Å². The summed E-state index contributed by atoms with van der Waals surface area (Å²) in [5.74, 6) is 0.911. The summed E-state index contributed by atoms with van der Waals surface area (Å²) < 4.78 is 16.8. The highest BCUT2D eigenvalue weighted by Crippen LogP contribution is 2.29.